The van der Waals surface area contributed by atoms with Crippen LogP contribution in [0.4, 0.5) is 4.79 Å². The number of urea groups is 1. The van der Waals surface area contributed by atoms with Gasteiger partial charge in [0.15, 0.2) is 0 Å². The number of pyridine rings is 1. The first-order valence-corrected chi connectivity index (χ1v) is 12.8. The molecule has 0 radical (unpaired) electrons. The molecule has 8 heteroatoms. The van der Waals surface area contributed by atoms with Gasteiger partial charge in [-0.2, -0.15) is 0 Å². The van der Waals surface area contributed by atoms with Crippen molar-refractivity contribution < 1.29 is 19.4 Å². The average Bonchev–Trinajstić information content (AvgIpc) is 3.33. The van der Waals surface area contributed by atoms with Gasteiger partial charge in [-0.3, -0.25) is 4.79 Å². The van der Waals surface area contributed by atoms with E-state index in [2.05, 4.69) is 36.0 Å². The predicted octanol–water partition coefficient (Wildman–Crippen LogP) is 3.28. The summed E-state index contributed by atoms with van der Waals surface area (Å²) in [4.78, 5) is 34.0. The molecule has 3 rings (SSSR count). The maximum atomic E-state index is 13.5. The van der Waals surface area contributed by atoms with Crippen molar-refractivity contribution in [1.82, 2.24) is 20.1 Å². The molecular weight excluding hydrogens is 444 g/mol. The van der Waals surface area contributed by atoms with Crippen LogP contribution in [0.1, 0.15) is 75.7 Å². The van der Waals surface area contributed by atoms with Crippen LogP contribution in [-0.2, 0) is 0 Å². The highest BCUT2D eigenvalue weighted by atomic mass is 16.5. The zero-order valence-electron chi connectivity index (χ0n) is 21.7. The molecular formula is C27H40N4O4. The Morgan fingerprint density at radius 2 is 2.06 bits per heavy atom. The third kappa shape index (κ3) is 7.11. The number of nitrogens with one attached hydrogen (secondary N) is 1. The second-order valence-corrected chi connectivity index (χ2v) is 10.4. The van der Waals surface area contributed by atoms with Crippen LogP contribution in [0.3, 0.4) is 0 Å². The lowest BCUT2D eigenvalue weighted by atomic mass is 10.00. The van der Waals surface area contributed by atoms with Gasteiger partial charge in [-0.15, -0.1) is 0 Å². The minimum absolute atomic E-state index is 0.0878. The summed E-state index contributed by atoms with van der Waals surface area (Å²) in [6.07, 6.45) is 6.34. The Bertz CT molecular complexity index is 948. The smallest absolute Gasteiger partial charge is 0.317 e. The van der Waals surface area contributed by atoms with Crippen molar-refractivity contribution in [2.24, 2.45) is 11.8 Å². The fourth-order valence-electron chi connectivity index (χ4n) is 4.45. The van der Waals surface area contributed by atoms with Crippen LogP contribution >= 0.6 is 0 Å². The number of aliphatic hydroxyl groups is 1. The number of ether oxygens (including phenoxy) is 1. The van der Waals surface area contributed by atoms with Crippen molar-refractivity contribution in [2.45, 2.75) is 78.0 Å². The van der Waals surface area contributed by atoms with Gasteiger partial charge in [0.1, 0.15) is 11.7 Å². The number of carbonyl (C=O) groups excluding carboxylic acids is 2. The monoisotopic (exact) mass is 484 g/mol. The predicted molar refractivity (Wildman–Crippen MR) is 135 cm³/mol. The molecule has 2 aliphatic rings. The molecule has 0 aromatic carbocycles. The Balaban J connectivity index is 1.85. The lowest BCUT2D eigenvalue weighted by Gasteiger charge is -2.37. The molecule has 0 bridgehead atoms. The highest BCUT2D eigenvalue weighted by molar-refractivity contribution is 5.97. The van der Waals surface area contributed by atoms with Gasteiger partial charge in [-0.25, -0.2) is 9.78 Å². The summed E-state index contributed by atoms with van der Waals surface area (Å²) >= 11 is 0. The summed E-state index contributed by atoms with van der Waals surface area (Å²) in [5, 5.41) is 12.9. The number of likely N-dealkylation sites (N-methyl/N-ethyl adjacent to an activating group) is 1. The van der Waals surface area contributed by atoms with Crippen LogP contribution in [-0.4, -0.2) is 76.8 Å². The van der Waals surface area contributed by atoms with Crippen LogP contribution in [0.2, 0.25) is 0 Å². The first-order chi connectivity index (χ1) is 16.7. The fraction of sp³-hybridized carbons (Fsp3) is 0.667. The van der Waals surface area contributed by atoms with Crippen LogP contribution in [0, 0.1) is 23.7 Å². The average molecular weight is 485 g/mol. The number of hydrogen-bond acceptors (Lipinski definition) is 5. The quantitative estimate of drug-likeness (QED) is 0.605. The van der Waals surface area contributed by atoms with Crippen molar-refractivity contribution in [3.63, 3.8) is 0 Å². The van der Waals surface area contributed by atoms with Crippen molar-refractivity contribution >= 4 is 11.9 Å². The molecule has 1 aliphatic carbocycles. The maximum Gasteiger partial charge on any atom is 0.317 e. The number of rotatable bonds is 6. The molecule has 0 saturated heterocycles. The lowest BCUT2D eigenvalue weighted by Crippen LogP contribution is -2.52. The molecule has 3 amide bonds. The van der Waals surface area contributed by atoms with E-state index in [1.54, 1.807) is 29.1 Å². The van der Waals surface area contributed by atoms with Gasteiger partial charge in [0, 0.05) is 43.7 Å². The Morgan fingerprint density at radius 1 is 1.34 bits per heavy atom. The molecule has 8 nitrogen and oxygen atoms in total. The topological polar surface area (TPSA) is 95.0 Å². The Labute approximate surface area is 209 Å². The normalized spacial score (nSPS) is 21.3. The van der Waals surface area contributed by atoms with Gasteiger partial charge < -0.3 is 25.0 Å². The van der Waals surface area contributed by atoms with Crippen molar-refractivity contribution in [1.29, 1.82) is 0 Å². The van der Waals surface area contributed by atoms with Gasteiger partial charge in [-0.1, -0.05) is 45.5 Å². The molecule has 3 atom stereocenters. The second kappa shape index (κ2) is 12.3. The maximum absolute atomic E-state index is 13.5. The summed E-state index contributed by atoms with van der Waals surface area (Å²) < 4.78 is 6.28. The van der Waals surface area contributed by atoms with Crippen molar-refractivity contribution in [3.05, 3.63) is 23.4 Å². The van der Waals surface area contributed by atoms with Crippen LogP contribution in [0.25, 0.3) is 0 Å². The van der Waals surface area contributed by atoms with E-state index < -0.39 is 0 Å². The Kier molecular flexibility index (Phi) is 9.39. The highest BCUT2D eigenvalue weighted by Crippen LogP contribution is 2.27. The van der Waals surface area contributed by atoms with Crippen LogP contribution in [0.15, 0.2) is 12.3 Å². The number of carbonyl (C=O) groups is 2. The molecule has 0 spiro atoms. The minimum atomic E-state index is -0.375. The van der Waals surface area contributed by atoms with Gasteiger partial charge in [0.05, 0.1) is 19.2 Å². The molecule has 1 saturated carbocycles. The third-order valence-electron chi connectivity index (χ3n) is 6.75. The summed E-state index contributed by atoms with van der Waals surface area (Å²) in [6.45, 7) is 8.62. The van der Waals surface area contributed by atoms with Crippen molar-refractivity contribution in [2.75, 3.05) is 26.7 Å². The van der Waals surface area contributed by atoms with E-state index in [9.17, 15) is 14.7 Å². The van der Waals surface area contributed by atoms with Crippen LogP contribution < -0.4 is 10.1 Å². The number of aliphatic hydroxyl groups excluding tert-OH is 1. The van der Waals surface area contributed by atoms with E-state index >= 15 is 0 Å². The zero-order valence-corrected chi connectivity index (χ0v) is 21.7. The molecule has 1 aromatic rings. The third-order valence-corrected chi connectivity index (χ3v) is 6.75. The summed E-state index contributed by atoms with van der Waals surface area (Å²) in [6, 6.07) is 1.47. The molecule has 1 aromatic heterocycles. The van der Waals surface area contributed by atoms with Gasteiger partial charge in [0.25, 0.3) is 5.91 Å². The van der Waals surface area contributed by atoms with E-state index in [-0.39, 0.29) is 48.5 Å². The number of fused-ring (bicyclic) bond motifs is 1. The van der Waals surface area contributed by atoms with E-state index in [4.69, 9.17) is 4.74 Å². The van der Waals surface area contributed by atoms with E-state index in [0.29, 0.717) is 30.1 Å². The Hall–Kier alpha value is -2.79. The zero-order chi connectivity index (χ0) is 25.5. The van der Waals surface area contributed by atoms with E-state index in [1.807, 2.05) is 13.8 Å². The summed E-state index contributed by atoms with van der Waals surface area (Å²) in [5.41, 5.74) is 0.979. The number of aromatic nitrogens is 1. The van der Waals surface area contributed by atoms with Gasteiger partial charge in [0.2, 0.25) is 5.88 Å². The van der Waals surface area contributed by atoms with E-state index in [1.165, 1.54) is 0 Å². The molecule has 192 valence electrons. The fourth-order valence-corrected chi connectivity index (χ4v) is 4.45. The second-order valence-electron chi connectivity index (χ2n) is 10.4. The van der Waals surface area contributed by atoms with E-state index in [0.717, 1.165) is 32.1 Å². The lowest BCUT2D eigenvalue weighted by molar-refractivity contribution is 0.0351. The first-order valence-electron chi connectivity index (χ1n) is 12.8. The molecule has 1 aliphatic heterocycles. The Morgan fingerprint density at radius 3 is 2.71 bits per heavy atom. The molecule has 0 unspecified atom stereocenters. The number of nitrogens with zero attached hydrogens (tertiary/aromatic N) is 3. The molecule has 1 fully saturated rings. The molecule has 2 N–H and O–H groups in total. The molecule has 2 heterocycles. The standard InChI is InChI=1S/C27H40N4O4/c1-18(2)9-8-10-21-13-23-25(28-14-21)35-24(19(3)15-31(26(23)33)20(4)17-32)16-30(5)27(34)29-22-11-6-7-12-22/h13-14,18-20,22,24,32H,6-7,9,11-12,15-17H2,1-5H3,(H,29,34)/t19-,20+,24-/m1/s1. The SMILES string of the molecule is CC(C)CC#Cc1cnc2c(c1)C(=O)N([C@@H](C)CO)C[C@@H](C)[C@@H](CN(C)C(=O)NC1CCCC1)O2. The largest absolute Gasteiger partial charge is 0.472 e. The molecule has 35 heavy (non-hydrogen) atoms. The van der Waals surface area contributed by atoms with Crippen molar-refractivity contribution in [3.8, 4) is 17.7 Å². The van der Waals surface area contributed by atoms with Crippen LogP contribution in [0.5, 0.6) is 5.88 Å². The first kappa shape index (κ1) is 26.8. The number of amides is 3. The van der Waals surface area contributed by atoms with Gasteiger partial charge in [-0.05, 0) is 31.7 Å². The summed E-state index contributed by atoms with van der Waals surface area (Å²) in [5.74, 6) is 6.59. The van der Waals surface area contributed by atoms with Gasteiger partial charge >= 0.3 is 6.03 Å². The number of hydrogen-bond donors (Lipinski definition) is 2. The minimum Gasteiger partial charge on any atom is -0.472 e. The summed E-state index contributed by atoms with van der Waals surface area (Å²) in [7, 11) is 1.76. The highest BCUT2D eigenvalue weighted by Gasteiger charge is 2.35.